The van der Waals surface area contributed by atoms with Crippen LogP contribution in [0, 0.1) is 0 Å². The van der Waals surface area contributed by atoms with Gasteiger partial charge in [0.1, 0.15) is 0 Å². The third kappa shape index (κ3) is 4.90. The van der Waals surface area contributed by atoms with Gasteiger partial charge in [-0.25, -0.2) is 0 Å². The quantitative estimate of drug-likeness (QED) is 0.480. The standard InChI is InChI=1S/C31H41B2NO4/c1-22-10-16-25(17-11-22)34(26-18-12-23(13-19-26)32-35-28(2,3)29(4,5)36-32)27-20-14-24(15-21-27)33-37-30(6,7)31(8,9)38-33/h10-16,18-21,25H,17H2,1-9H3. The van der Waals surface area contributed by atoms with E-state index in [2.05, 4.69) is 134 Å². The summed E-state index contributed by atoms with van der Waals surface area (Å²) in [5.74, 6) is 0. The van der Waals surface area contributed by atoms with Crippen LogP contribution in [0.4, 0.5) is 11.4 Å². The summed E-state index contributed by atoms with van der Waals surface area (Å²) < 4.78 is 25.1. The first-order valence-corrected chi connectivity index (χ1v) is 13.7. The molecule has 3 aliphatic rings. The molecule has 0 bridgehead atoms. The molecule has 2 aromatic rings. The van der Waals surface area contributed by atoms with Crippen LogP contribution in [0.5, 0.6) is 0 Å². The molecular weight excluding hydrogens is 472 g/mol. The fourth-order valence-corrected chi connectivity index (χ4v) is 4.98. The van der Waals surface area contributed by atoms with Gasteiger partial charge in [0.25, 0.3) is 0 Å². The van der Waals surface area contributed by atoms with Gasteiger partial charge in [-0.2, -0.15) is 0 Å². The van der Waals surface area contributed by atoms with Gasteiger partial charge in [0.2, 0.25) is 0 Å². The predicted octanol–water partition coefficient (Wildman–Crippen LogP) is 5.70. The van der Waals surface area contributed by atoms with Gasteiger partial charge in [-0.15, -0.1) is 0 Å². The van der Waals surface area contributed by atoms with Gasteiger partial charge < -0.3 is 23.5 Å². The van der Waals surface area contributed by atoms with Crippen molar-refractivity contribution in [1.82, 2.24) is 0 Å². The molecule has 2 heterocycles. The summed E-state index contributed by atoms with van der Waals surface area (Å²) in [6, 6.07) is 17.4. The summed E-state index contributed by atoms with van der Waals surface area (Å²) in [5, 5.41) is 0. The molecule has 1 aliphatic carbocycles. The highest BCUT2D eigenvalue weighted by molar-refractivity contribution is 6.62. The van der Waals surface area contributed by atoms with Gasteiger partial charge in [-0.3, -0.25) is 0 Å². The average molecular weight is 513 g/mol. The Labute approximate surface area is 229 Å². The lowest BCUT2D eigenvalue weighted by molar-refractivity contribution is 0.00578. The van der Waals surface area contributed by atoms with Crippen molar-refractivity contribution < 1.29 is 18.6 Å². The summed E-state index contributed by atoms with van der Waals surface area (Å²) >= 11 is 0. The van der Waals surface area contributed by atoms with Crippen molar-refractivity contribution in [3.8, 4) is 0 Å². The number of rotatable bonds is 5. The van der Waals surface area contributed by atoms with Crippen molar-refractivity contribution in [3.63, 3.8) is 0 Å². The van der Waals surface area contributed by atoms with Crippen molar-refractivity contribution in [2.45, 2.75) is 97.2 Å². The van der Waals surface area contributed by atoms with Crippen molar-refractivity contribution in [2.75, 3.05) is 4.90 Å². The van der Waals surface area contributed by atoms with E-state index in [1.807, 2.05) is 0 Å². The van der Waals surface area contributed by atoms with Crippen molar-refractivity contribution in [1.29, 1.82) is 0 Å². The fraction of sp³-hybridized carbons (Fsp3) is 0.484. The molecule has 200 valence electrons. The van der Waals surface area contributed by atoms with Crippen LogP contribution in [0.25, 0.3) is 0 Å². The summed E-state index contributed by atoms with van der Waals surface area (Å²) in [5.41, 5.74) is 4.14. The summed E-state index contributed by atoms with van der Waals surface area (Å²) in [6.07, 6.45) is 7.74. The maximum atomic E-state index is 6.28. The van der Waals surface area contributed by atoms with Gasteiger partial charge in [0, 0.05) is 11.4 Å². The Morgan fingerprint density at radius 2 is 1.00 bits per heavy atom. The van der Waals surface area contributed by atoms with Crippen LogP contribution in [0.2, 0.25) is 0 Å². The van der Waals surface area contributed by atoms with E-state index >= 15 is 0 Å². The fourth-order valence-electron chi connectivity index (χ4n) is 4.98. The lowest BCUT2D eigenvalue weighted by Crippen LogP contribution is -2.41. The average Bonchev–Trinajstić information content (AvgIpc) is 3.21. The molecule has 0 spiro atoms. The van der Waals surface area contributed by atoms with Crippen molar-refractivity contribution in [2.24, 2.45) is 0 Å². The van der Waals surface area contributed by atoms with Gasteiger partial charge in [0.05, 0.1) is 28.4 Å². The van der Waals surface area contributed by atoms with Crippen LogP contribution in [-0.4, -0.2) is 42.7 Å². The molecule has 38 heavy (non-hydrogen) atoms. The number of hydrogen-bond donors (Lipinski definition) is 0. The van der Waals surface area contributed by atoms with Crippen LogP contribution >= 0.6 is 0 Å². The van der Waals surface area contributed by atoms with Crippen molar-refractivity contribution >= 4 is 36.5 Å². The number of anilines is 2. The number of benzene rings is 2. The van der Waals surface area contributed by atoms with Crippen molar-refractivity contribution in [3.05, 3.63) is 72.3 Å². The Morgan fingerprint density at radius 1 is 0.632 bits per heavy atom. The Kier molecular flexibility index (Phi) is 6.75. The first kappa shape index (κ1) is 27.3. The minimum Gasteiger partial charge on any atom is -0.399 e. The normalized spacial score (nSPS) is 25.0. The Morgan fingerprint density at radius 3 is 1.32 bits per heavy atom. The largest absolute Gasteiger partial charge is 0.494 e. The van der Waals surface area contributed by atoms with E-state index in [0.29, 0.717) is 0 Å². The molecule has 0 saturated carbocycles. The topological polar surface area (TPSA) is 40.2 Å². The van der Waals surface area contributed by atoms with Gasteiger partial charge in [0.15, 0.2) is 0 Å². The lowest BCUT2D eigenvalue weighted by Gasteiger charge is -2.33. The molecule has 7 heteroatoms. The van der Waals surface area contributed by atoms with Gasteiger partial charge in [-0.05, 0) is 104 Å². The number of allylic oxidation sites excluding steroid dienone is 2. The molecule has 1 atom stereocenters. The highest BCUT2D eigenvalue weighted by Gasteiger charge is 2.52. The molecule has 2 aliphatic heterocycles. The molecule has 5 rings (SSSR count). The zero-order chi connectivity index (χ0) is 27.5. The Bertz CT molecular complexity index is 1120. The zero-order valence-corrected chi connectivity index (χ0v) is 24.4. The Hall–Kier alpha value is -2.31. The van der Waals surface area contributed by atoms with E-state index in [1.165, 1.54) is 5.57 Å². The Balaban J connectivity index is 1.42. The van der Waals surface area contributed by atoms with E-state index in [4.69, 9.17) is 18.6 Å². The summed E-state index contributed by atoms with van der Waals surface area (Å²) in [7, 11) is -0.747. The molecule has 2 aromatic carbocycles. The van der Waals surface area contributed by atoms with Crippen LogP contribution in [0.15, 0.2) is 72.3 Å². The van der Waals surface area contributed by atoms with E-state index in [0.717, 1.165) is 28.7 Å². The molecule has 0 amide bonds. The molecule has 5 nitrogen and oxygen atoms in total. The minimum absolute atomic E-state index is 0.212. The third-order valence-corrected chi connectivity index (χ3v) is 8.99. The van der Waals surface area contributed by atoms with Crippen LogP contribution < -0.4 is 15.8 Å². The SMILES string of the molecule is CC1=CCC(N(c2ccc(B3OC(C)(C)C(C)(C)O3)cc2)c2ccc(B3OC(C)(C)C(C)(C)O3)cc2)C=C1. The van der Waals surface area contributed by atoms with Crippen LogP contribution in [-0.2, 0) is 18.6 Å². The molecule has 0 N–H and O–H groups in total. The summed E-state index contributed by atoms with van der Waals surface area (Å²) in [4.78, 5) is 2.39. The number of hydrogen-bond acceptors (Lipinski definition) is 5. The maximum absolute atomic E-state index is 6.28. The maximum Gasteiger partial charge on any atom is 0.494 e. The molecule has 2 fully saturated rings. The lowest BCUT2D eigenvalue weighted by atomic mass is 9.79. The number of nitrogens with zero attached hydrogens (tertiary/aromatic N) is 1. The van der Waals surface area contributed by atoms with E-state index in [1.54, 1.807) is 0 Å². The monoisotopic (exact) mass is 513 g/mol. The molecular formula is C31H41B2NO4. The second-order valence-electron chi connectivity index (χ2n) is 12.8. The van der Waals surface area contributed by atoms with Crippen LogP contribution in [0.1, 0.15) is 68.7 Å². The van der Waals surface area contributed by atoms with Crippen LogP contribution in [0.3, 0.4) is 0 Å². The highest BCUT2D eigenvalue weighted by atomic mass is 16.7. The predicted molar refractivity (Wildman–Crippen MR) is 158 cm³/mol. The molecule has 1 unspecified atom stereocenters. The third-order valence-electron chi connectivity index (χ3n) is 8.99. The smallest absolute Gasteiger partial charge is 0.399 e. The second kappa shape index (κ2) is 9.41. The van der Waals surface area contributed by atoms with E-state index in [-0.39, 0.29) is 42.7 Å². The first-order valence-electron chi connectivity index (χ1n) is 13.7. The second-order valence-corrected chi connectivity index (χ2v) is 12.8. The van der Waals surface area contributed by atoms with E-state index < -0.39 is 0 Å². The van der Waals surface area contributed by atoms with Gasteiger partial charge in [-0.1, -0.05) is 48.1 Å². The molecule has 2 saturated heterocycles. The zero-order valence-electron chi connectivity index (χ0n) is 24.4. The van der Waals surface area contributed by atoms with E-state index in [9.17, 15) is 0 Å². The first-order chi connectivity index (χ1) is 17.7. The minimum atomic E-state index is -0.373. The highest BCUT2D eigenvalue weighted by Crippen LogP contribution is 2.38. The summed E-state index contributed by atoms with van der Waals surface area (Å²) in [6.45, 7) is 18.8. The van der Waals surface area contributed by atoms with Gasteiger partial charge >= 0.3 is 14.2 Å². The molecule has 0 aromatic heterocycles. The molecule has 0 radical (unpaired) electrons.